The van der Waals surface area contributed by atoms with Gasteiger partial charge in [0.25, 0.3) is 0 Å². The summed E-state index contributed by atoms with van der Waals surface area (Å²) in [5.41, 5.74) is 0. The van der Waals surface area contributed by atoms with Crippen LogP contribution in [0.3, 0.4) is 0 Å². The summed E-state index contributed by atoms with van der Waals surface area (Å²) in [4.78, 5) is 4.39. The number of aromatic nitrogens is 3. The van der Waals surface area contributed by atoms with Crippen molar-refractivity contribution >= 4 is 0 Å². The molecule has 0 spiro atoms. The standard InChI is InChI=1S/C12H20N4/c1-7(12-14-8(2)15-16-12)13-11-5-3-4-9-6-10(9)11/h7,9-11,13H,3-6H2,1-2H3,(H,14,15,16)/t7?,9-,10+,11?/m1/s1. The fourth-order valence-electron chi connectivity index (χ4n) is 3.07. The Bertz CT molecular complexity index is 373. The van der Waals surface area contributed by atoms with Crippen LogP contribution >= 0.6 is 0 Å². The number of aryl methyl sites for hydroxylation is 1. The van der Waals surface area contributed by atoms with E-state index in [-0.39, 0.29) is 6.04 Å². The van der Waals surface area contributed by atoms with Gasteiger partial charge >= 0.3 is 0 Å². The Morgan fingerprint density at radius 1 is 1.44 bits per heavy atom. The molecule has 0 radical (unpaired) electrons. The van der Waals surface area contributed by atoms with Crippen LogP contribution in [0.5, 0.6) is 0 Å². The number of hydrogen-bond donors (Lipinski definition) is 2. The zero-order chi connectivity index (χ0) is 11.1. The molecule has 88 valence electrons. The number of rotatable bonds is 3. The third-order valence-corrected chi connectivity index (χ3v) is 4.05. The smallest absolute Gasteiger partial charge is 0.167 e. The maximum absolute atomic E-state index is 4.39. The van der Waals surface area contributed by atoms with Crippen LogP contribution in [0.2, 0.25) is 0 Å². The summed E-state index contributed by atoms with van der Waals surface area (Å²) in [6.07, 6.45) is 5.61. The van der Waals surface area contributed by atoms with E-state index in [1.165, 1.54) is 25.7 Å². The van der Waals surface area contributed by atoms with Crippen molar-refractivity contribution in [3.8, 4) is 0 Å². The lowest BCUT2D eigenvalue weighted by molar-refractivity contribution is 0.324. The van der Waals surface area contributed by atoms with Gasteiger partial charge < -0.3 is 5.32 Å². The van der Waals surface area contributed by atoms with Crippen LogP contribution in [-0.2, 0) is 0 Å². The molecule has 2 unspecified atom stereocenters. The second-order valence-corrected chi connectivity index (χ2v) is 5.36. The van der Waals surface area contributed by atoms with E-state index in [0.29, 0.717) is 6.04 Å². The van der Waals surface area contributed by atoms with Crippen LogP contribution < -0.4 is 5.32 Å². The van der Waals surface area contributed by atoms with Crippen LogP contribution in [-0.4, -0.2) is 21.2 Å². The average Bonchev–Trinajstić information content (AvgIpc) is 2.94. The van der Waals surface area contributed by atoms with Crippen molar-refractivity contribution in [3.05, 3.63) is 11.6 Å². The first-order valence-electron chi connectivity index (χ1n) is 6.39. The molecule has 2 saturated carbocycles. The van der Waals surface area contributed by atoms with Crippen molar-refractivity contribution in [2.24, 2.45) is 11.8 Å². The fraction of sp³-hybridized carbons (Fsp3) is 0.833. The molecule has 16 heavy (non-hydrogen) atoms. The fourth-order valence-corrected chi connectivity index (χ4v) is 3.07. The van der Waals surface area contributed by atoms with Crippen molar-refractivity contribution in [1.29, 1.82) is 0 Å². The Labute approximate surface area is 96.2 Å². The molecule has 4 heteroatoms. The van der Waals surface area contributed by atoms with Crippen LogP contribution in [0.1, 0.15) is 50.3 Å². The minimum absolute atomic E-state index is 0.272. The van der Waals surface area contributed by atoms with E-state index >= 15 is 0 Å². The lowest BCUT2D eigenvalue weighted by Crippen LogP contribution is -2.35. The summed E-state index contributed by atoms with van der Waals surface area (Å²) in [6, 6.07) is 0.974. The average molecular weight is 220 g/mol. The molecule has 3 rings (SSSR count). The third kappa shape index (κ3) is 1.86. The van der Waals surface area contributed by atoms with Gasteiger partial charge in [0.05, 0.1) is 6.04 Å². The molecule has 2 fully saturated rings. The van der Waals surface area contributed by atoms with Gasteiger partial charge in [-0.15, -0.1) is 0 Å². The van der Waals surface area contributed by atoms with Gasteiger partial charge in [-0.25, -0.2) is 4.98 Å². The van der Waals surface area contributed by atoms with Gasteiger partial charge in [0.15, 0.2) is 5.82 Å². The van der Waals surface area contributed by atoms with Crippen LogP contribution in [0.4, 0.5) is 0 Å². The minimum Gasteiger partial charge on any atom is -0.304 e. The Morgan fingerprint density at radius 2 is 2.31 bits per heavy atom. The van der Waals surface area contributed by atoms with Gasteiger partial charge in [-0.3, -0.25) is 5.10 Å². The Balaban J connectivity index is 1.61. The van der Waals surface area contributed by atoms with Crippen LogP contribution in [0.25, 0.3) is 0 Å². The number of H-pyrrole nitrogens is 1. The van der Waals surface area contributed by atoms with Crippen molar-refractivity contribution in [2.75, 3.05) is 0 Å². The third-order valence-electron chi connectivity index (χ3n) is 4.05. The van der Waals surface area contributed by atoms with Crippen molar-refractivity contribution in [2.45, 2.75) is 51.6 Å². The summed E-state index contributed by atoms with van der Waals surface area (Å²) >= 11 is 0. The highest BCUT2D eigenvalue weighted by Gasteiger charge is 2.45. The number of fused-ring (bicyclic) bond motifs is 1. The van der Waals surface area contributed by atoms with Gasteiger partial charge in [0, 0.05) is 6.04 Å². The second kappa shape index (κ2) is 3.84. The highest BCUT2D eigenvalue weighted by Crippen LogP contribution is 2.49. The first-order chi connectivity index (χ1) is 7.74. The van der Waals surface area contributed by atoms with Gasteiger partial charge in [-0.1, -0.05) is 12.8 Å². The molecule has 2 aliphatic rings. The van der Waals surface area contributed by atoms with Gasteiger partial charge in [-0.05, 0) is 38.5 Å². The molecule has 4 nitrogen and oxygen atoms in total. The molecule has 1 heterocycles. The minimum atomic E-state index is 0.272. The van der Waals surface area contributed by atoms with Gasteiger partial charge in [0.2, 0.25) is 0 Å². The maximum atomic E-state index is 4.39. The first-order valence-corrected chi connectivity index (χ1v) is 6.39. The van der Waals surface area contributed by atoms with Gasteiger partial charge in [-0.2, -0.15) is 5.10 Å². The molecule has 1 aromatic heterocycles. The summed E-state index contributed by atoms with van der Waals surface area (Å²) < 4.78 is 0. The van der Waals surface area contributed by atoms with E-state index < -0.39 is 0 Å². The maximum Gasteiger partial charge on any atom is 0.167 e. The summed E-state index contributed by atoms with van der Waals surface area (Å²) in [6.45, 7) is 4.11. The molecular weight excluding hydrogens is 200 g/mol. The molecule has 0 saturated heterocycles. The SMILES string of the molecule is Cc1nc(C(C)NC2CCC[C@@H]3C[C@H]23)n[nH]1. The number of nitrogens with zero attached hydrogens (tertiary/aromatic N) is 2. The van der Waals surface area contributed by atoms with Gasteiger partial charge in [0.1, 0.15) is 5.82 Å². The van der Waals surface area contributed by atoms with Crippen molar-refractivity contribution < 1.29 is 0 Å². The highest BCUT2D eigenvalue weighted by atomic mass is 15.2. The predicted octanol–water partition coefficient (Wildman–Crippen LogP) is 1.95. The van der Waals surface area contributed by atoms with Crippen LogP contribution in [0, 0.1) is 18.8 Å². The molecule has 0 aliphatic heterocycles. The predicted molar refractivity (Wildman–Crippen MR) is 61.9 cm³/mol. The Hall–Kier alpha value is -0.900. The van der Waals surface area contributed by atoms with E-state index in [1.807, 2.05) is 6.92 Å². The Morgan fingerprint density at radius 3 is 3.06 bits per heavy atom. The van der Waals surface area contributed by atoms with Crippen molar-refractivity contribution in [3.63, 3.8) is 0 Å². The topological polar surface area (TPSA) is 53.6 Å². The molecule has 2 aliphatic carbocycles. The molecular formula is C12H20N4. The van der Waals surface area contributed by atoms with E-state index in [9.17, 15) is 0 Å². The highest BCUT2D eigenvalue weighted by molar-refractivity contribution is 5.01. The monoisotopic (exact) mass is 220 g/mol. The zero-order valence-electron chi connectivity index (χ0n) is 10.0. The van der Waals surface area contributed by atoms with Crippen LogP contribution in [0.15, 0.2) is 0 Å². The number of hydrogen-bond acceptors (Lipinski definition) is 3. The van der Waals surface area contributed by atoms with E-state index in [2.05, 4.69) is 27.4 Å². The van der Waals surface area contributed by atoms with Crippen molar-refractivity contribution in [1.82, 2.24) is 20.5 Å². The Kier molecular flexibility index (Phi) is 2.46. The van der Waals surface area contributed by atoms with E-state index in [0.717, 1.165) is 23.5 Å². The second-order valence-electron chi connectivity index (χ2n) is 5.36. The quantitative estimate of drug-likeness (QED) is 0.818. The largest absolute Gasteiger partial charge is 0.304 e. The lowest BCUT2D eigenvalue weighted by atomic mass is 9.95. The molecule has 1 aromatic rings. The number of nitrogens with one attached hydrogen (secondary N) is 2. The van der Waals surface area contributed by atoms with E-state index in [4.69, 9.17) is 0 Å². The molecule has 0 bridgehead atoms. The molecule has 4 atom stereocenters. The lowest BCUT2D eigenvalue weighted by Gasteiger charge is -2.25. The van der Waals surface area contributed by atoms with E-state index in [1.54, 1.807) is 0 Å². The molecule has 0 amide bonds. The number of aromatic amines is 1. The summed E-state index contributed by atoms with van der Waals surface area (Å²) in [5.74, 6) is 3.76. The molecule has 0 aromatic carbocycles. The first kappa shape index (κ1) is 10.3. The zero-order valence-corrected chi connectivity index (χ0v) is 10.0. The molecule has 2 N–H and O–H groups in total. The normalized spacial score (nSPS) is 34.5. The summed E-state index contributed by atoms with van der Waals surface area (Å²) in [5, 5.41) is 10.8. The summed E-state index contributed by atoms with van der Waals surface area (Å²) in [7, 11) is 0.